The highest BCUT2D eigenvalue weighted by atomic mass is 16.5. The lowest BCUT2D eigenvalue weighted by atomic mass is 10.1. The number of nitrogens with one attached hydrogen (secondary N) is 1. The molecule has 1 aliphatic heterocycles. The monoisotopic (exact) mass is 258 g/mol. The van der Waals surface area contributed by atoms with Crippen LogP contribution >= 0.6 is 0 Å². The summed E-state index contributed by atoms with van der Waals surface area (Å²) in [4.78, 5) is 8.58. The zero-order valence-electron chi connectivity index (χ0n) is 10.8. The highest BCUT2D eigenvalue weighted by molar-refractivity contribution is 5.01. The van der Waals surface area contributed by atoms with Gasteiger partial charge < -0.3 is 14.6 Å². The van der Waals surface area contributed by atoms with Crippen LogP contribution in [0.3, 0.4) is 0 Å². The van der Waals surface area contributed by atoms with Crippen molar-refractivity contribution >= 4 is 0 Å². The van der Waals surface area contributed by atoms with Gasteiger partial charge in [0.1, 0.15) is 5.82 Å². The number of nitrogens with zero attached hydrogens (tertiary/aromatic N) is 3. The minimum absolute atomic E-state index is 0.471. The summed E-state index contributed by atoms with van der Waals surface area (Å²) in [5.74, 6) is 1.58. The van der Waals surface area contributed by atoms with Crippen molar-refractivity contribution in [1.29, 1.82) is 0 Å². The summed E-state index contributed by atoms with van der Waals surface area (Å²) in [6, 6.07) is 5.88. The second kappa shape index (κ2) is 5.95. The lowest BCUT2D eigenvalue weighted by Gasteiger charge is -2.15. The fourth-order valence-corrected chi connectivity index (χ4v) is 2.33. The third-order valence-corrected chi connectivity index (χ3v) is 3.30. The lowest BCUT2D eigenvalue weighted by molar-refractivity contribution is 0.0804. The summed E-state index contributed by atoms with van der Waals surface area (Å²) in [5.41, 5.74) is 0.979. The largest absolute Gasteiger partial charge is 0.375 e. The lowest BCUT2D eigenvalue weighted by Crippen LogP contribution is -2.25. The van der Waals surface area contributed by atoms with Gasteiger partial charge in [0.25, 0.3) is 0 Å². The predicted molar refractivity (Wildman–Crippen MR) is 71.3 cm³/mol. The Labute approximate surface area is 112 Å². The minimum atomic E-state index is 0.471. The summed E-state index contributed by atoms with van der Waals surface area (Å²) in [7, 11) is 0. The van der Waals surface area contributed by atoms with Crippen LogP contribution in [0.4, 0.5) is 0 Å². The molecule has 0 spiro atoms. The van der Waals surface area contributed by atoms with E-state index in [1.54, 1.807) is 6.20 Å². The van der Waals surface area contributed by atoms with Gasteiger partial charge in [-0.1, -0.05) is 6.07 Å². The fourth-order valence-electron chi connectivity index (χ4n) is 2.33. The molecule has 1 atom stereocenters. The molecular formula is C14H18N4O. The van der Waals surface area contributed by atoms with Gasteiger partial charge in [-0.25, -0.2) is 4.98 Å². The van der Waals surface area contributed by atoms with Crippen LogP contribution in [-0.2, 0) is 24.4 Å². The first-order valence-corrected chi connectivity index (χ1v) is 6.60. The molecule has 3 heterocycles. The van der Waals surface area contributed by atoms with E-state index in [1.165, 1.54) is 0 Å². The highest BCUT2D eigenvalue weighted by Crippen LogP contribution is 2.10. The molecule has 5 nitrogen and oxygen atoms in total. The Bertz CT molecular complexity index is 511. The summed E-state index contributed by atoms with van der Waals surface area (Å²) >= 11 is 0. The van der Waals surface area contributed by atoms with Gasteiger partial charge in [-0.15, -0.1) is 0 Å². The molecule has 5 heteroatoms. The SMILES string of the molecule is c1ccc(COC[C@@H]2CNCc3nccn3C2)nc1. The van der Waals surface area contributed by atoms with E-state index in [9.17, 15) is 0 Å². The topological polar surface area (TPSA) is 52.0 Å². The maximum atomic E-state index is 5.77. The number of pyridine rings is 1. The van der Waals surface area contributed by atoms with E-state index in [-0.39, 0.29) is 0 Å². The van der Waals surface area contributed by atoms with E-state index >= 15 is 0 Å². The molecule has 0 amide bonds. The van der Waals surface area contributed by atoms with Gasteiger partial charge in [0.05, 0.1) is 25.5 Å². The maximum absolute atomic E-state index is 5.77. The van der Waals surface area contributed by atoms with E-state index in [1.807, 2.05) is 30.6 Å². The zero-order chi connectivity index (χ0) is 12.9. The number of ether oxygens (including phenoxy) is 1. The normalized spacial score (nSPS) is 18.8. The molecule has 0 saturated carbocycles. The summed E-state index contributed by atoms with van der Waals surface area (Å²) in [6.45, 7) is 4.08. The van der Waals surface area contributed by atoms with Gasteiger partial charge in [0, 0.05) is 37.6 Å². The highest BCUT2D eigenvalue weighted by Gasteiger charge is 2.16. The zero-order valence-corrected chi connectivity index (χ0v) is 10.8. The standard InChI is InChI=1S/C14H18N4O/c1-2-4-16-13(3-1)11-19-10-12-7-15-8-14-17-5-6-18(14)9-12/h1-6,12,15H,7-11H2/t12-/m1/s1. The van der Waals surface area contributed by atoms with Crippen molar-refractivity contribution in [2.24, 2.45) is 5.92 Å². The third kappa shape index (κ3) is 3.19. The first kappa shape index (κ1) is 12.3. The molecule has 1 aliphatic rings. The van der Waals surface area contributed by atoms with E-state index in [0.717, 1.165) is 37.8 Å². The number of hydrogen-bond donors (Lipinski definition) is 1. The van der Waals surface area contributed by atoms with E-state index in [0.29, 0.717) is 12.5 Å². The summed E-state index contributed by atoms with van der Waals surface area (Å²) < 4.78 is 7.97. The van der Waals surface area contributed by atoms with Crippen molar-refractivity contribution in [3.8, 4) is 0 Å². The average molecular weight is 258 g/mol. The predicted octanol–water partition coefficient (Wildman–Crippen LogP) is 1.21. The molecule has 100 valence electrons. The number of aromatic nitrogens is 3. The first-order chi connectivity index (χ1) is 9.42. The third-order valence-electron chi connectivity index (χ3n) is 3.30. The molecule has 3 rings (SSSR count). The molecule has 2 aromatic rings. The van der Waals surface area contributed by atoms with Crippen LogP contribution in [-0.4, -0.2) is 27.7 Å². The van der Waals surface area contributed by atoms with Crippen LogP contribution in [0, 0.1) is 5.92 Å². The molecular weight excluding hydrogens is 240 g/mol. The van der Waals surface area contributed by atoms with E-state index in [4.69, 9.17) is 4.74 Å². The van der Waals surface area contributed by atoms with Crippen molar-refractivity contribution in [2.45, 2.75) is 19.7 Å². The molecule has 0 radical (unpaired) electrons. The fraction of sp³-hybridized carbons (Fsp3) is 0.429. The number of imidazole rings is 1. The molecule has 0 saturated heterocycles. The molecule has 0 unspecified atom stereocenters. The van der Waals surface area contributed by atoms with Gasteiger partial charge >= 0.3 is 0 Å². The van der Waals surface area contributed by atoms with Gasteiger partial charge in [-0.05, 0) is 12.1 Å². The number of hydrogen-bond acceptors (Lipinski definition) is 4. The van der Waals surface area contributed by atoms with E-state index in [2.05, 4.69) is 19.9 Å². The Morgan fingerprint density at radius 1 is 1.32 bits per heavy atom. The molecule has 0 aromatic carbocycles. The Morgan fingerprint density at radius 2 is 2.32 bits per heavy atom. The smallest absolute Gasteiger partial charge is 0.122 e. The Kier molecular flexibility index (Phi) is 3.86. The van der Waals surface area contributed by atoms with Crippen molar-refractivity contribution in [3.63, 3.8) is 0 Å². The second-order valence-electron chi connectivity index (χ2n) is 4.83. The van der Waals surface area contributed by atoms with Crippen LogP contribution in [0.1, 0.15) is 11.5 Å². The molecule has 0 fully saturated rings. The van der Waals surface area contributed by atoms with Crippen LogP contribution in [0.15, 0.2) is 36.8 Å². The van der Waals surface area contributed by atoms with Gasteiger partial charge in [0.15, 0.2) is 0 Å². The number of rotatable bonds is 4. The number of fused-ring (bicyclic) bond motifs is 1. The van der Waals surface area contributed by atoms with Gasteiger partial charge in [0.2, 0.25) is 0 Å². The second-order valence-corrected chi connectivity index (χ2v) is 4.83. The summed E-state index contributed by atoms with van der Waals surface area (Å²) in [5, 5.41) is 3.41. The van der Waals surface area contributed by atoms with Crippen LogP contribution in [0.5, 0.6) is 0 Å². The summed E-state index contributed by atoms with van der Waals surface area (Å²) in [6.07, 6.45) is 5.69. The maximum Gasteiger partial charge on any atom is 0.122 e. The molecule has 0 bridgehead atoms. The molecule has 1 N–H and O–H groups in total. The Hall–Kier alpha value is -1.72. The van der Waals surface area contributed by atoms with Crippen molar-refractivity contribution in [3.05, 3.63) is 48.3 Å². The van der Waals surface area contributed by atoms with Gasteiger partial charge in [-0.3, -0.25) is 4.98 Å². The van der Waals surface area contributed by atoms with Crippen LogP contribution in [0.2, 0.25) is 0 Å². The Morgan fingerprint density at radius 3 is 3.21 bits per heavy atom. The first-order valence-electron chi connectivity index (χ1n) is 6.60. The average Bonchev–Trinajstić information content (AvgIpc) is 2.79. The molecule has 0 aliphatic carbocycles. The quantitative estimate of drug-likeness (QED) is 0.895. The molecule has 2 aromatic heterocycles. The van der Waals surface area contributed by atoms with Gasteiger partial charge in [-0.2, -0.15) is 0 Å². The van der Waals surface area contributed by atoms with Crippen LogP contribution in [0.25, 0.3) is 0 Å². The minimum Gasteiger partial charge on any atom is -0.375 e. The van der Waals surface area contributed by atoms with E-state index < -0.39 is 0 Å². The van der Waals surface area contributed by atoms with Crippen molar-refractivity contribution < 1.29 is 4.74 Å². The van der Waals surface area contributed by atoms with Crippen LogP contribution < -0.4 is 5.32 Å². The van der Waals surface area contributed by atoms with Crippen molar-refractivity contribution in [2.75, 3.05) is 13.2 Å². The molecule has 19 heavy (non-hydrogen) atoms. The Balaban J connectivity index is 1.51. The van der Waals surface area contributed by atoms with Crippen molar-refractivity contribution in [1.82, 2.24) is 19.9 Å².